The van der Waals surface area contributed by atoms with Gasteiger partial charge in [-0.3, -0.25) is 0 Å². The molecule has 0 radical (unpaired) electrons. The maximum Gasteiger partial charge on any atom is 0.176 e. The minimum Gasteiger partial charge on any atom is -0.353 e. The van der Waals surface area contributed by atoms with E-state index in [1.165, 1.54) is 0 Å². The van der Waals surface area contributed by atoms with Gasteiger partial charge in [0.15, 0.2) is 11.6 Å². The van der Waals surface area contributed by atoms with Gasteiger partial charge in [0.25, 0.3) is 0 Å². The molecule has 134 valence electrons. The van der Waals surface area contributed by atoms with Gasteiger partial charge in [0.05, 0.1) is 5.69 Å². The van der Waals surface area contributed by atoms with Crippen LogP contribution >= 0.6 is 0 Å². The first-order chi connectivity index (χ1) is 12.6. The molecule has 1 saturated heterocycles. The lowest BCUT2D eigenvalue weighted by Gasteiger charge is -2.35. The molecule has 3 aromatic heterocycles. The van der Waals surface area contributed by atoms with Crippen LogP contribution in [0.25, 0.3) is 5.82 Å². The Morgan fingerprint density at radius 2 is 1.46 bits per heavy atom. The highest BCUT2D eigenvalue weighted by atomic mass is 15.4. The van der Waals surface area contributed by atoms with E-state index >= 15 is 0 Å². The number of rotatable bonds is 3. The lowest BCUT2D eigenvalue weighted by molar-refractivity contribution is 0.635. The summed E-state index contributed by atoms with van der Waals surface area (Å²) in [6.07, 6.45) is 1.81. The van der Waals surface area contributed by atoms with Crippen molar-refractivity contribution >= 4 is 11.6 Å². The van der Waals surface area contributed by atoms with Gasteiger partial charge in [0, 0.05) is 38.1 Å². The van der Waals surface area contributed by atoms with E-state index < -0.39 is 0 Å². The predicted molar refractivity (Wildman–Crippen MR) is 99.8 cm³/mol. The molecule has 1 aliphatic rings. The van der Waals surface area contributed by atoms with Gasteiger partial charge in [-0.25, -0.2) is 14.6 Å². The second-order valence-electron chi connectivity index (χ2n) is 6.52. The molecule has 0 bridgehead atoms. The molecule has 0 saturated carbocycles. The summed E-state index contributed by atoms with van der Waals surface area (Å²) in [7, 11) is 0. The molecule has 8 heteroatoms. The van der Waals surface area contributed by atoms with Crippen LogP contribution in [0.1, 0.15) is 17.2 Å². The number of aromatic nitrogens is 6. The standard InChI is InChI=1S/C18H22N8/c1-13-12-14(2)26(23-13)18-5-4-17(21-22-18)25-10-8-24(9-11-25)16-6-7-19-15(3)20-16/h4-7,12H,8-11H2,1-3H3. The molecular formula is C18H22N8. The third-order valence-corrected chi connectivity index (χ3v) is 4.55. The van der Waals surface area contributed by atoms with Gasteiger partial charge in [-0.2, -0.15) is 5.10 Å². The maximum absolute atomic E-state index is 4.51. The van der Waals surface area contributed by atoms with Crippen molar-refractivity contribution in [3.05, 3.63) is 47.7 Å². The van der Waals surface area contributed by atoms with Crippen LogP contribution in [0.15, 0.2) is 30.5 Å². The summed E-state index contributed by atoms with van der Waals surface area (Å²) in [6, 6.07) is 7.99. The van der Waals surface area contributed by atoms with Gasteiger partial charge >= 0.3 is 0 Å². The molecule has 0 atom stereocenters. The summed E-state index contributed by atoms with van der Waals surface area (Å²) in [5, 5.41) is 13.2. The maximum atomic E-state index is 4.51. The van der Waals surface area contributed by atoms with Crippen molar-refractivity contribution in [2.45, 2.75) is 20.8 Å². The van der Waals surface area contributed by atoms with Crippen molar-refractivity contribution in [1.82, 2.24) is 29.9 Å². The van der Waals surface area contributed by atoms with Gasteiger partial charge in [0.2, 0.25) is 0 Å². The van der Waals surface area contributed by atoms with E-state index in [1.807, 2.05) is 55.9 Å². The Hall–Kier alpha value is -3.03. The lowest BCUT2D eigenvalue weighted by Crippen LogP contribution is -2.47. The van der Waals surface area contributed by atoms with Crippen LogP contribution in [0.5, 0.6) is 0 Å². The fourth-order valence-corrected chi connectivity index (χ4v) is 3.25. The lowest BCUT2D eigenvalue weighted by atomic mass is 10.3. The van der Waals surface area contributed by atoms with Crippen molar-refractivity contribution in [2.75, 3.05) is 36.0 Å². The first-order valence-corrected chi connectivity index (χ1v) is 8.77. The van der Waals surface area contributed by atoms with Crippen molar-refractivity contribution in [2.24, 2.45) is 0 Å². The summed E-state index contributed by atoms with van der Waals surface area (Å²) in [4.78, 5) is 13.2. The van der Waals surface area contributed by atoms with Crippen LogP contribution in [0, 0.1) is 20.8 Å². The summed E-state index contributed by atoms with van der Waals surface area (Å²) in [5.41, 5.74) is 2.03. The smallest absolute Gasteiger partial charge is 0.176 e. The number of aryl methyl sites for hydroxylation is 3. The zero-order valence-corrected chi connectivity index (χ0v) is 15.3. The first-order valence-electron chi connectivity index (χ1n) is 8.77. The van der Waals surface area contributed by atoms with Crippen LogP contribution in [0.2, 0.25) is 0 Å². The van der Waals surface area contributed by atoms with E-state index in [9.17, 15) is 0 Å². The molecule has 26 heavy (non-hydrogen) atoms. The van der Waals surface area contributed by atoms with Crippen LogP contribution < -0.4 is 9.80 Å². The summed E-state index contributed by atoms with van der Waals surface area (Å²) in [6.45, 7) is 9.48. The van der Waals surface area contributed by atoms with E-state index in [4.69, 9.17) is 0 Å². The predicted octanol–water partition coefficient (Wildman–Crippen LogP) is 1.70. The average molecular weight is 350 g/mol. The highest BCUT2D eigenvalue weighted by molar-refractivity contribution is 5.45. The van der Waals surface area contributed by atoms with Gasteiger partial charge in [-0.15, -0.1) is 10.2 Å². The Morgan fingerprint density at radius 3 is 2.04 bits per heavy atom. The Balaban J connectivity index is 1.44. The highest BCUT2D eigenvalue weighted by Gasteiger charge is 2.19. The monoisotopic (exact) mass is 350 g/mol. The normalized spacial score (nSPS) is 14.7. The molecule has 1 aliphatic heterocycles. The van der Waals surface area contributed by atoms with Gasteiger partial charge in [-0.05, 0) is 45.0 Å². The molecular weight excluding hydrogens is 328 g/mol. The van der Waals surface area contributed by atoms with Gasteiger partial charge < -0.3 is 9.80 Å². The molecule has 1 fully saturated rings. The largest absolute Gasteiger partial charge is 0.353 e. The molecule has 4 rings (SSSR count). The van der Waals surface area contributed by atoms with Gasteiger partial charge in [-0.1, -0.05) is 0 Å². The minimum absolute atomic E-state index is 0.745. The SMILES string of the molecule is Cc1cc(C)n(-c2ccc(N3CCN(c4ccnc(C)n4)CC3)nn2)n1. The number of nitrogens with zero attached hydrogens (tertiary/aromatic N) is 8. The fraction of sp³-hybridized carbons (Fsp3) is 0.389. The summed E-state index contributed by atoms with van der Waals surface area (Å²) < 4.78 is 1.82. The molecule has 8 nitrogen and oxygen atoms in total. The topological polar surface area (TPSA) is 75.9 Å². The van der Waals surface area contributed by atoms with Crippen LogP contribution in [0.3, 0.4) is 0 Å². The van der Waals surface area contributed by atoms with Crippen LogP contribution in [-0.4, -0.2) is 56.1 Å². The second kappa shape index (κ2) is 6.70. The van der Waals surface area contributed by atoms with E-state index in [2.05, 4.69) is 35.1 Å². The Kier molecular flexibility index (Phi) is 4.24. The van der Waals surface area contributed by atoms with Crippen molar-refractivity contribution < 1.29 is 0 Å². The Bertz CT molecular complexity index is 894. The molecule has 0 N–H and O–H groups in total. The van der Waals surface area contributed by atoms with E-state index in [-0.39, 0.29) is 0 Å². The summed E-state index contributed by atoms with van der Waals surface area (Å²) in [5.74, 6) is 3.43. The molecule has 3 aromatic rings. The molecule has 0 spiro atoms. The zero-order chi connectivity index (χ0) is 18.1. The van der Waals surface area contributed by atoms with Crippen molar-refractivity contribution in [1.29, 1.82) is 0 Å². The number of hydrogen-bond donors (Lipinski definition) is 0. The average Bonchev–Trinajstić information content (AvgIpc) is 3.00. The molecule has 0 aliphatic carbocycles. The van der Waals surface area contributed by atoms with E-state index in [1.54, 1.807) is 0 Å². The molecule has 0 amide bonds. The fourth-order valence-electron chi connectivity index (χ4n) is 3.25. The van der Waals surface area contributed by atoms with E-state index in [0.717, 1.165) is 60.8 Å². The molecule has 4 heterocycles. The van der Waals surface area contributed by atoms with Crippen LogP contribution in [-0.2, 0) is 0 Å². The Morgan fingerprint density at radius 1 is 0.808 bits per heavy atom. The van der Waals surface area contributed by atoms with Crippen molar-refractivity contribution in [3.8, 4) is 5.82 Å². The molecule has 0 aromatic carbocycles. The van der Waals surface area contributed by atoms with Crippen LogP contribution in [0.4, 0.5) is 11.6 Å². The summed E-state index contributed by atoms with van der Waals surface area (Å²) >= 11 is 0. The number of anilines is 2. The highest BCUT2D eigenvalue weighted by Crippen LogP contribution is 2.18. The van der Waals surface area contributed by atoms with E-state index in [0.29, 0.717) is 0 Å². The van der Waals surface area contributed by atoms with Crippen molar-refractivity contribution in [3.63, 3.8) is 0 Å². The zero-order valence-electron chi connectivity index (χ0n) is 15.3. The third kappa shape index (κ3) is 3.22. The first kappa shape index (κ1) is 16.4. The van der Waals surface area contributed by atoms with Gasteiger partial charge in [0.1, 0.15) is 11.6 Å². The second-order valence-corrected chi connectivity index (χ2v) is 6.52. The Labute approximate surface area is 152 Å². The minimum atomic E-state index is 0.745. The third-order valence-electron chi connectivity index (χ3n) is 4.55. The number of piperazine rings is 1. The molecule has 0 unspecified atom stereocenters. The number of hydrogen-bond acceptors (Lipinski definition) is 7. The quantitative estimate of drug-likeness (QED) is 0.711.